The number of fused-ring (bicyclic) bond motifs is 2. The highest BCUT2D eigenvalue weighted by atomic mass is 35.5. The van der Waals surface area contributed by atoms with Crippen LogP contribution < -0.4 is 9.79 Å². The Bertz CT molecular complexity index is 1090. The highest BCUT2D eigenvalue weighted by molar-refractivity contribution is 6.31. The summed E-state index contributed by atoms with van der Waals surface area (Å²) in [4.78, 5) is 28.6. The van der Waals surface area contributed by atoms with Gasteiger partial charge in [0.15, 0.2) is 5.75 Å². The number of piperidine rings is 1. The molecular weight excluding hydrogens is 394 g/mol. The highest BCUT2D eigenvalue weighted by Gasteiger charge is 2.27. The van der Waals surface area contributed by atoms with Crippen molar-refractivity contribution in [3.63, 3.8) is 0 Å². The third-order valence-corrected chi connectivity index (χ3v) is 5.89. The number of imidazole rings is 1. The summed E-state index contributed by atoms with van der Waals surface area (Å²) in [7, 11) is 0. The lowest BCUT2D eigenvalue weighted by atomic mass is 9.97. The van der Waals surface area contributed by atoms with Crippen LogP contribution in [0.15, 0.2) is 36.4 Å². The minimum absolute atomic E-state index is 0.285. The monoisotopic (exact) mass is 413 g/mol. The molecule has 0 radical (unpaired) electrons. The summed E-state index contributed by atoms with van der Waals surface area (Å²) in [6.07, 6.45) is 1.23. The zero-order valence-electron chi connectivity index (χ0n) is 15.7. The maximum atomic E-state index is 11.3. The van der Waals surface area contributed by atoms with E-state index in [1.807, 2.05) is 30.3 Å². The number of anilines is 1. The molecule has 0 spiro atoms. The molecule has 0 atom stereocenters. The molecule has 1 fully saturated rings. The van der Waals surface area contributed by atoms with Crippen LogP contribution in [-0.2, 0) is 22.8 Å². The largest absolute Gasteiger partial charge is 0.481 e. The van der Waals surface area contributed by atoms with E-state index in [0.717, 1.165) is 33.9 Å². The van der Waals surface area contributed by atoms with E-state index in [-0.39, 0.29) is 5.92 Å². The van der Waals surface area contributed by atoms with Crippen molar-refractivity contribution in [3.8, 4) is 5.75 Å². The van der Waals surface area contributed by atoms with Crippen molar-refractivity contribution in [2.75, 3.05) is 18.0 Å². The molecule has 0 amide bonds. The van der Waals surface area contributed by atoms with Crippen LogP contribution in [0.4, 0.5) is 5.95 Å². The third kappa shape index (κ3) is 3.41. The van der Waals surface area contributed by atoms with E-state index >= 15 is 0 Å². The zero-order chi connectivity index (χ0) is 20.0. The molecule has 0 unspecified atom stereocenters. The summed E-state index contributed by atoms with van der Waals surface area (Å²) >= 11 is 6.26. The molecule has 2 aliphatic rings. The summed E-state index contributed by atoms with van der Waals surface area (Å²) < 4.78 is 2.14. The summed E-state index contributed by atoms with van der Waals surface area (Å²) in [5.41, 5.74) is 3.91. The van der Waals surface area contributed by atoms with Crippen molar-refractivity contribution in [3.05, 3.63) is 52.5 Å². The van der Waals surface area contributed by atoms with Crippen LogP contribution in [0.3, 0.4) is 0 Å². The van der Waals surface area contributed by atoms with Crippen LogP contribution in [0, 0.1) is 5.92 Å². The summed E-state index contributed by atoms with van der Waals surface area (Å²) in [5, 5.41) is 9.94. The number of carboxylic acids is 1. The molecule has 1 saturated heterocycles. The lowest BCUT2D eigenvalue weighted by molar-refractivity contribution is -0.194. The fourth-order valence-corrected chi connectivity index (χ4v) is 4.21. The maximum Gasteiger partial charge on any atom is 0.306 e. The van der Waals surface area contributed by atoms with Crippen molar-refractivity contribution in [1.82, 2.24) is 9.55 Å². The van der Waals surface area contributed by atoms with Gasteiger partial charge in [-0.3, -0.25) is 4.79 Å². The molecule has 150 valence electrons. The second kappa shape index (κ2) is 7.24. The van der Waals surface area contributed by atoms with Gasteiger partial charge >= 0.3 is 5.97 Å². The Balaban J connectivity index is 1.51. The number of hydrogen-bond acceptors (Lipinski definition) is 5. The smallest absolute Gasteiger partial charge is 0.306 e. The number of nitrogens with zero attached hydrogens (tertiary/aromatic N) is 3. The van der Waals surface area contributed by atoms with Crippen molar-refractivity contribution >= 4 is 34.6 Å². The van der Waals surface area contributed by atoms with Crippen LogP contribution in [0.5, 0.6) is 5.75 Å². The van der Waals surface area contributed by atoms with Gasteiger partial charge in [-0.25, -0.2) is 4.98 Å². The highest BCUT2D eigenvalue weighted by Crippen LogP contribution is 2.31. The van der Waals surface area contributed by atoms with E-state index in [4.69, 9.17) is 26.4 Å². The first-order valence-corrected chi connectivity index (χ1v) is 10.0. The maximum absolute atomic E-state index is 11.3. The van der Waals surface area contributed by atoms with Gasteiger partial charge in [-0.1, -0.05) is 23.7 Å². The molecule has 8 heteroatoms. The number of hydrogen-bond donors (Lipinski definition) is 1. The van der Waals surface area contributed by atoms with Crippen molar-refractivity contribution in [2.45, 2.75) is 26.0 Å². The third-order valence-electron chi connectivity index (χ3n) is 5.65. The van der Waals surface area contributed by atoms with Crippen molar-refractivity contribution in [2.24, 2.45) is 5.92 Å². The zero-order valence-corrected chi connectivity index (χ0v) is 16.4. The van der Waals surface area contributed by atoms with Crippen molar-refractivity contribution in [1.29, 1.82) is 0 Å². The van der Waals surface area contributed by atoms with E-state index < -0.39 is 5.97 Å². The van der Waals surface area contributed by atoms with Crippen LogP contribution >= 0.6 is 11.6 Å². The average Bonchev–Trinajstić information content (AvgIpc) is 3.32. The second-order valence-corrected chi connectivity index (χ2v) is 7.95. The van der Waals surface area contributed by atoms with Gasteiger partial charge in [-0.2, -0.15) is 4.89 Å². The fourth-order valence-electron chi connectivity index (χ4n) is 4.04. The number of aromatic nitrogens is 2. The summed E-state index contributed by atoms with van der Waals surface area (Å²) in [6, 6.07) is 11.7. The first-order valence-electron chi connectivity index (χ1n) is 9.63. The molecule has 1 aromatic heterocycles. The molecule has 7 nitrogen and oxygen atoms in total. The SMILES string of the molecule is O=C(O)C1CCN(c2nc3ccc(Cl)cc3n2Cc2ccc3c(c2)OOC3)CC1. The minimum atomic E-state index is -0.717. The molecule has 0 saturated carbocycles. The Morgan fingerprint density at radius 1 is 1.21 bits per heavy atom. The van der Waals surface area contributed by atoms with Gasteiger partial charge in [-0.05, 0) is 42.7 Å². The number of benzene rings is 2. The Morgan fingerprint density at radius 2 is 2.03 bits per heavy atom. The van der Waals surface area contributed by atoms with Gasteiger partial charge in [0.05, 0.1) is 23.5 Å². The first kappa shape index (κ1) is 18.3. The van der Waals surface area contributed by atoms with E-state index in [2.05, 4.69) is 15.5 Å². The summed E-state index contributed by atoms with van der Waals surface area (Å²) in [5.74, 6) is 0.579. The van der Waals surface area contributed by atoms with Crippen LogP contribution in [0.25, 0.3) is 11.0 Å². The van der Waals surface area contributed by atoms with E-state index in [9.17, 15) is 9.90 Å². The first-order chi connectivity index (χ1) is 14.1. The Morgan fingerprint density at radius 3 is 2.83 bits per heavy atom. The number of aliphatic carboxylic acids is 1. The lowest BCUT2D eigenvalue weighted by Crippen LogP contribution is -2.37. The normalized spacial score (nSPS) is 16.8. The molecule has 29 heavy (non-hydrogen) atoms. The van der Waals surface area contributed by atoms with Gasteiger partial charge in [0.1, 0.15) is 6.61 Å². The molecule has 2 aromatic carbocycles. The van der Waals surface area contributed by atoms with Crippen LogP contribution in [-0.4, -0.2) is 33.7 Å². The molecule has 3 aromatic rings. The number of carboxylic acid groups (broad SMARTS) is 1. The average molecular weight is 414 g/mol. The van der Waals surface area contributed by atoms with Crippen LogP contribution in [0.2, 0.25) is 5.02 Å². The van der Waals surface area contributed by atoms with Gasteiger partial charge in [0.2, 0.25) is 5.95 Å². The Kier molecular flexibility index (Phi) is 4.56. The lowest BCUT2D eigenvalue weighted by Gasteiger charge is -2.31. The second-order valence-electron chi connectivity index (χ2n) is 7.52. The van der Waals surface area contributed by atoms with Gasteiger partial charge in [0.25, 0.3) is 0 Å². The van der Waals surface area contributed by atoms with E-state index in [1.165, 1.54) is 0 Å². The Hall–Kier alpha value is -2.77. The van der Waals surface area contributed by atoms with Crippen LogP contribution in [0.1, 0.15) is 24.0 Å². The quantitative estimate of drug-likeness (QED) is 0.654. The molecule has 5 rings (SSSR count). The molecule has 0 bridgehead atoms. The van der Waals surface area contributed by atoms with E-state index in [1.54, 1.807) is 0 Å². The molecule has 0 aliphatic carbocycles. The van der Waals surface area contributed by atoms with Gasteiger partial charge in [-0.15, -0.1) is 0 Å². The molecule has 2 aliphatic heterocycles. The van der Waals surface area contributed by atoms with Gasteiger partial charge in [0, 0.05) is 23.7 Å². The number of halogens is 1. The Labute approximate surface area is 172 Å². The van der Waals surface area contributed by atoms with E-state index in [0.29, 0.717) is 44.1 Å². The topological polar surface area (TPSA) is 76.8 Å². The fraction of sp³-hybridized carbons (Fsp3) is 0.333. The minimum Gasteiger partial charge on any atom is -0.481 e. The predicted octanol–water partition coefficient (Wildman–Crippen LogP) is 3.86. The number of carbonyl (C=O) groups is 1. The number of rotatable bonds is 4. The molecule has 1 N–H and O–H groups in total. The molecular formula is C21H20ClN3O4. The van der Waals surface area contributed by atoms with Gasteiger partial charge < -0.3 is 19.5 Å². The van der Waals surface area contributed by atoms with Crippen molar-refractivity contribution < 1.29 is 19.7 Å². The standard InChI is InChI=1S/C21H20ClN3O4/c22-16-3-4-17-18(10-16)25(11-13-1-2-15-12-28-29-19(15)9-13)21(23-17)24-7-5-14(6-8-24)20(26)27/h1-4,9-10,14H,5-8,11-12H2,(H,26,27). The molecule has 3 heterocycles. The summed E-state index contributed by atoms with van der Waals surface area (Å²) in [6.45, 7) is 2.38. The predicted molar refractivity (Wildman–Crippen MR) is 108 cm³/mol.